The third kappa shape index (κ3) is 3.93. The predicted octanol–water partition coefficient (Wildman–Crippen LogP) is 3.54. The lowest BCUT2D eigenvalue weighted by Crippen LogP contribution is -2.43. The molecule has 2 aromatic rings. The van der Waals surface area contributed by atoms with E-state index in [4.69, 9.17) is 0 Å². The molecule has 0 aromatic heterocycles. The van der Waals surface area contributed by atoms with Gasteiger partial charge in [-0.25, -0.2) is 0 Å². The second kappa shape index (κ2) is 6.88. The minimum atomic E-state index is 0.637. The number of rotatable bonds is 4. The molecule has 1 aliphatic heterocycles. The Kier molecular flexibility index (Phi) is 4.69. The summed E-state index contributed by atoms with van der Waals surface area (Å²) in [5.74, 6) is 0. The number of benzene rings is 2. The first-order chi connectivity index (χ1) is 10.3. The van der Waals surface area contributed by atoms with Crippen molar-refractivity contribution >= 4 is 0 Å². The van der Waals surface area contributed by atoms with Gasteiger partial charge in [-0.2, -0.15) is 0 Å². The predicted molar refractivity (Wildman–Crippen MR) is 89.2 cm³/mol. The van der Waals surface area contributed by atoms with Crippen molar-refractivity contribution in [2.45, 2.75) is 25.4 Å². The van der Waals surface area contributed by atoms with Crippen LogP contribution in [0.25, 0.3) is 11.1 Å². The molecule has 1 saturated heterocycles. The van der Waals surface area contributed by atoms with Gasteiger partial charge in [0.2, 0.25) is 0 Å². The molecule has 1 N–H and O–H groups in total. The third-order valence-corrected chi connectivity index (χ3v) is 4.28. The summed E-state index contributed by atoms with van der Waals surface area (Å²) >= 11 is 0. The Morgan fingerprint density at radius 1 is 1.00 bits per heavy atom. The molecule has 0 saturated carbocycles. The molecule has 0 amide bonds. The van der Waals surface area contributed by atoms with Gasteiger partial charge in [0.1, 0.15) is 0 Å². The highest BCUT2D eigenvalue weighted by Crippen LogP contribution is 2.19. The van der Waals surface area contributed by atoms with Gasteiger partial charge in [0, 0.05) is 19.1 Å². The van der Waals surface area contributed by atoms with Crippen molar-refractivity contribution in [2.24, 2.45) is 0 Å². The molecular weight excluding hydrogens is 256 g/mol. The molecule has 0 bridgehead atoms. The quantitative estimate of drug-likeness (QED) is 0.921. The van der Waals surface area contributed by atoms with Crippen LogP contribution in [0.2, 0.25) is 0 Å². The highest BCUT2D eigenvalue weighted by atomic mass is 15.1. The van der Waals surface area contributed by atoms with Gasteiger partial charge < -0.3 is 10.2 Å². The molecule has 1 unspecified atom stereocenters. The maximum Gasteiger partial charge on any atom is 0.0208 e. The van der Waals surface area contributed by atoms with Gasteiger partial charge in [0.15, 0.2) is 0 Å². The van der Waals surface area contributed by atoms with Gasteiger partial charge in [-0.15, -0.1) is 0 Å². The zero-order valence-electron chi connectivity index (χ0n) is 12.8. The first kappa shape index (κ1) is 14.3. The summed E-state index contributed by atoms with van der Waals surface area (Å²) in [7, 11) is 2.21. The van der Waals surface area contributed by atoms with Crippen molar-refractivity contribution in [3.8, 4) is 11.1 Å². The fourth-order valence-corrected chi connectivity index (χ4v) is 3.04. The summed E-state index contributed by atoms with van der Waals surface area (Å²) in [5.41, 5.74) is 3.94. The molecule has 0 radical (unpaired) electrons. The summed E-state index contributed by atoms with van der Waals surface area (Å²) < 4.78 is 0. The molecule has 0 aliphatic carbocycles. The fraction of sp³-hybridized carbons (Fsp3) is 0.368. The standard InChI is InChI=1S/C19H24N2/c1-21-13-5-8-19(15-21)20-14-16-9-11-18(12-10-16)17-6-3-2-4-7-17/h2-4,6-7,9-12,19-20H,5,8,13-15H2,1H3. The number of nitrogens with one attached hydrogen (secondary N) is 1. The largest absolute Gasteiger partial charge is 0.309 e. The SMILES string of the molecule is CN1CCCC(NCc2ccc(-c3ccccc3)cc2)C1. The summed E-state index contributed by atoms with van der Waals surface area (Å²) in [4.78, 5) is 2.42. The van der Waals surface area contributed by atoms with Gasteiger partial charge in [0.25, 0.3) is 0 Å². The highest BCUT2D eigenvalue weighted by molar-refractivity contribution is 5.63. The first-order valence-corrected chi connectivity index (χ1v) is 7.87. The first-order valence-electron chi connectivity index (χ1n) is 7.87. The lowest BCUT2D eigenvalue weighted by Gasteiger charge is -2.30. The molecule has 2 heteroatoms. The zero-order valence-corrected chi connectivity index (χ0v) is 12.8. The van der Waals surface area contributed by atoms with Crippen molar-refractivity contribution in [1.29, 1.82) is 0 Å². The fourth-order valence-electron chi connectivity index (χ4n) is 3.04. The van der Waals surface area contributed by atoms with E-state index in [-0.39, 0.29) is 0 Å². The monoisotopic (exact) mass is 280 g/mol. The molecule has 2 aromatic carbocycles. The molecule has 21 heavy (non-hydrogen) atoms. The minimum Gasteiger partial charge on any atom is -0.309 e. The van der Waals surface area contributed by atoms with Crippen LogP contribution in [0.4, 0.5) is 0 Å². The third-order valence-electron chi connectivity index (χ3n) is 4.28. The number of likely N-dealkylation sites (N-methyl/N-ethyl adjacent to an activating group) is 1. The van der Waals surface area contributed by atoms with Crippen LogP contribution in [0.15, 0.2) is 54.6 Å². The second-order valence-corrected chi connectivity index (χ2v) is 6.05. The summed E-state index contributed by atoms with van der Waals surface area (Å²) in [5, 5.41) is 3.69. The van der Waals surface area contributed by atoms with Crippen LogP contribution in [0.1, 0.15) is 18.4 Å². The maximum absolute atomic E-state index is 3.69. The smallest absolute Gasteiger partial charge is 0.0208 e. The average Bonchev–Trinajstić information content (AvgIpc) is 2.54. The van der Waals surface area contributed by atoms with E-state index in [2.05, 4.69) is 71.9 Å². The lowest BCUT2D eigenvalue weighted by atomic mass is 10.0. The van der Waals surface area contributed by atoms with Crippen molar-refractivity contribution in [3.63, 3.8) is 0 Å². The Balaban J connectivity index is 1.57. The van der Waals surface area contributed by atoms with Crippen molar-refractivity contribution in [2.75, 3.05) is 20.1 Å². The highest BCUT2D eigenvalue weighted by Gasteiger charge is 2.16. The minimum absolute atomic E-state index is 0.637. The summed E-state index contributed by atoms with van der Waals surface area (Å²) in [6.45, 7) is 3.37. The molecule has 1 atom stereocenters. The molecule has 1 fully saturated rings. The van der Waals surface area contributed by atoms with E-state index in [1.54, 1.807) is 0 Å². The number of hydrogen-bond acceptors (Lipinski definition) is 2. The van der Waals surface area contributed by atoms with E-state index >= 15 is 0 Å². The number of piperidine rings is 1. The van der Waals surface area contributed by atoms with E-state index in [0.717, 1.165) is 6.54 Å². The number of likely N-dealkylation sites (tertiary alicyclic amines) is 1. The van der Waals surface area contributed by atoms with E-state index in [1.807, 2.05) is 0 Å². The molecule has 1 heterocycles. The van der Waals surface area contributed by atoms with Gasteiger partial charge in [0.05, 0.1) is 0 Å². The van der Waals surface area contributed by atoms with Crippen LogP contribution in [0.5, 0.6) is 0 Å². The van der Waals surface area contributed by atoms with Gasteiger partial charge >= 0.3 is 0 Å². The zero-order chi connectivity index (χ0) is 14.5. The molecule has 1 aliphatic rings. The van der Waals surface area contributed by atoms with Crippen molar-refractivity contribution in [3.05, 3.63) is 60.2 Å². The Morgan fingerprint density at radius 3 is 2.43 bits per heavy atom. The molecule has 2 nitrogen and oxygen atoms in total. The second-order valence-electron chi connectivity index (χ2n) is 6.05. The van der Waals surface area contributed by atoms with E-state index in [9.17, 15) is 0 Å². The van der Waals surface area contributed by atoms with E-state index in [1.165, 1.54) is 42.6 Å². The molecule has 0 spiro atoms. The molecular formula is C19H24N2. The van der Waals surface area contributed by atoms with Crippen LogP contribution in [0, 0.1) is 0 Å². The molecule has 3 rings (SSSR count). The molecule has 110 valence electrons. The summed E-state index contributed by atoms with van der Waals surface area (Å²) in [6.07, 6.45) is 2.60. The maximum atomic E-state index is 3.69. The van der Waals surface area contributed by atoms with Crippen LogP contribution in [0.3, 0.4) is 0 Å². The lowest BCUT2D eigenvalue weighted by molar-refractivity contribution is 0.226. The van der Waals surface area contributed by atoms with Gasteiger partial charge in [-0.1, -0.05) is 54.6 Å². The Morgan fingerprint density at radius 2 is 1.71 bits per heavy atom. The van der Waals surface area contributed by atoms with Crippen molar-refractivity contribution in [1.82, 2.24) is 10.2 Å². The average molecular weight is 280 g/mol. The number of hydrogen-bond donors (Lipinski definition) is 1. The van der Waals surface area contributed by atoms with Crippen LogP contribution in [-0.4, -0.2) is 31.1 Å². The van der Waals surface area contributed by atoms with Gasteiger partial charge in [-0.3, -0.25) is 0 Å². The topological polar surface area (TPSA) is 15.3 Å². The van der Waals surface area contributed by atoms with Crippen LogP contribution < -0.4 is 5.32 Å². The normalized spacial score (nSPS) is 19.6. The Bertz CT molecular complexity index is 548. The van der Waals surface area contributed by atoms with Gasteiger partial charge in [-0.05, 0) is 43.1 Å². The Hall–Kier alpha value is -1.64. The Labute approximate surface area is 127 Å². The van der Waals surface area contributed by atoms with Crippen molar-refractivity contribution < 1.29 is 0 Å². The van der Waals surface area contributed by atoms with E-state index in [0.29, 0.717) is 6.04 Å². The summed E-state index contributed by atoms with van der Waals surface area (Å²) in [6, 6.07) is 20.1. The van der Waals surface area contributed by atoms with Crippen LogP contribution in [-0.2, 0) is 6.54 Å². The van der Waals surface area contributed by atoms with E-state index < -0.39 is 0 Å². The van der Waals surface area contributed by atoms with Crippen LogP contribution >= 0.6 is 0 Å². The number of nitrogens with zero attached hydrogens (tertiary/aromatic N) is 1.